The average molecular weight is 264 g/mol. The Morgan fingerprint density at radius 1 is 1.62 bits per heavy atom. The standard InChI is InChI=1S/C9H8BrClO2/c1-2-13-7-3-6(5-12)9(11)8(10)4-7/h3-5H,2H2,1H3. The van der Waals surface area contributed by atoms with Gasteiger partial charge in [-0.25, -0.2) is 0 Å². The third-order valence-corrected chi connectivity index (χ3v) is 2.74. The fourth-order valence-corrected chi connectivity index (χ4v) is 1.53. The van der Waals surface area contributed by atoms with Crippen molar-refractivity contribution >= 4 is 33.8 Å². The number of rotatable bonds is 3. The molecule has 0 saturated carbocycles. The van der Waals surface area contributed by atoms with Crippen LogP contribution in [-0.4, -0.2) is 12.9 Å². The minimum absolute atomic E-state index is 0.415. The molecule has 0 spiro atoms. The van der Waals surface area contributed by atoms with E-state index >= 15 is 0 Å². The molecule has 1 aromatic rings. The van der Waals surface area contributed by atoms with E-state index in [1.54, 1.807) is 12.1 Å². The largest absolute Gasteiger partial charge is 0.494 e. The van der Waals surface area contributed by atoms with E-state index < -0.39 is 0 Å². The van der Waals surface area contributed by atoms with Crippen molar-refractivity contribution in [2.75, 3.05) is 6.61 Å². The van der Waals surface area contributed by atoms with Gasteiger partial charge in [0, 0.05) is 10.0 Å². The molecule has 1 aromatic carbocycles. The first-order valence-electron chi connectivity index (χ1n) is 3.76. The van der Waals surface area contributed by atoms with Gasteiger partial charge in [-0.2, -0.15) is 0 Å². The summed E-state index contributed by atoms with van der Waals surface area (Å²) in [5.74, 6) is 0.640. The topological polar surface area (TPSA) is 26.3 Å². The van der Waals surface area contributed by atoms with Gasteiger partial charge in [0.25, 0.3) is 0 Å². The van der Waals surface area contributed by atoms with Crippen molar-refractivity contribution in [1.82, 2.24) is 0 Å². The Morgan fingerprint density at radius 2 is 2.31 bits per heavy atom. The van der Waals surface area contributed by atoms with Gasteiger partial charge >= 0.3 is 0 Å². The molecule has 0 fully saturated rings. The van der Waals surface area contributed by atoms with Gasteiger partial charge in [0.2, 0.25) is 0 Å². The van der Waals surface area contributed by atoms with Crippen molar-refractivity contribution in [2.45, 2.75) is 6.92 Å². The van der Waals surface area contributed by atoms with Crippen molar-refractivity contribution in [3.05, 3.63) is 27.2 Å². The highest BCUT2D eigenvalue weighted by atomic mass is 79.9. The predicted molar refractivity (Wildman–Crippen MR) is 55.7 cm³/mol. The Labute approximate surface area is 90.0 Å². The van der Waals surface area contributed by atoms with E-state index in [0.29, 0.717) is 33.7 Å². The Bertz CT molecular complexity index is 326. The molecule has 0 aliphatic rings. The molecule has 1 rings (SSSR count). The molecule has 13 heavy (non-hydrogen) atoms. The van der Waals surface area contributed by atoms with E-state index in [-0.39, 0.29) is 0 Å². The van der Waals surface area contributed by atoms with Crippen LogP contribution in [0.4, 0.5) is 0 Å². The number of carbonyl (C=O) groups excluding carboxylic acids is 1. The summed E-state index contributed by atoms with van der Waals surface area (Å²) in [4.78, 5) is 10.6. The van der Waals surface area contributed by atoms with E-state index in [4.69, 9.17) is 16.3 Å². The number of hydrogen-bond acceptors (Lipinski definition) is 2. The molecular formula is C9H8BrClO2. The number of halogens is 2. The zero-order valence-corrected chi connectivity index (χ0v) is 9.35. The average Bonchev–Trinajstić information content (AvgIpc) is 2.11. The fraction of sp³-hybridized carbons (Fsp3) is 0.222. The molecule has 0 saturated heterocycles. The lowest BCUT2D eigenvalue weighted by Gasteiger charge is -2.06. The molecule has 4 heteroatoms. The van der Waals surface area contributed by atoms with Gasteiger partial charge < -0.3 is 4.74 Å². The maximum Gasteiger partial charge on any atom is 0.151 e. The second-order valence-corrected chi connectivity index (χ2v) is 3.59. The summed E-state index contributed by atoms with van der Waals surface area (Å²) in [6.45, 7) is 2.44. The van der Waals surface area contributed by atoms with Gasteiger partial charge in [-0.3, -0.25) is 4.79 Å². The highest BCUT2D eigenvalue weighted by molar-refractivity contribution is 9.10. The van der Waals surface area contributed by atoms with Crippen LogP contribution >= 0.6 is 27.5 Å². The lowest BCUT2D eigenvalue weighted by molar-refractivity contribution is 0.112. The number of benzene rings is 1. The quantitative estimate of drug-likeness (QED) is 0.782. The van der Waals surface area contributed by atoms with Crippen LogP contribution in [0.25, 0.3) is 0 Å². The molecule has 0 amide bonds. The van der Waals surface area contributed by atoms with Gasteiger partial charge in [-0.05, 0) is 35.0 Å². The van der Waals surface area contributed by atoms with E-state index in [0.717, 1.165) is 0 Å². The van der Waals surface area contributed by atoms with Gasteiger partial charge in [-0.15, -0.1) is 0 Å². The summed E-state index contributed by atoms with van der Waals surface area (Å²) in [5.41, 5.74) is 0.430. The van der Waals surface area contributed by atoms with Crippen LogP contribution in [0, 0.1) is 0 Å². The zero-order chi connectivity index (χ0) is 9.84. The van der Waals surface area contributed by atoms with Crippen molar-refractivity contribution in [2.24, 2.45) is 0 Å². The lowest BCUT2D eigenvalue weighted by Crippen LogP contribution is -1.93. The smallest absolute Gasteiger partial charge is 0.151 e. The minimum atomic E-state index is 0.415. The molecule has 0 aliphatic heterocycles. The normalized spacial score (nSPS) is 9.77. The van der Waals surface area contributed by atoms with Crippen LogP contribution in [0.5, 0.6) is 5.75 Å². The highest BCUT2D eigenvalue weighted by Crippen LogP contribution is 2.30. The van der Waals surface area contributed by atoms with Crippen molar-refractivity contribution in [3.8, 4) is 5.75 Å². The summed E-state index contributed by atoms with van der Waals surface area (Å²) in [7, 11) is 0. The third kappa shape index (κ3) is 2.45. The van der Waals surface area contributed by atoms with Crippen LogP contribution in [0.15, 0.2) is 16.6 Å². The summed E-state index contributed by atoms with van der Waals surface area (Å²) in [6, 6.07) is 3.35. The van der Waals surface area contributed by atoms with E-state index in [1.165, 1.54) is 0 Å². The summed E-state index contributed by atoms with van der Waals surface area (Å²) < 4.78 is 5.91. The number of aldehydes is 1. The summed E-state index contributed by atoms with van der Waals surface area (Å²) >= 11 is 9.07. The van der Waals surface area contributed by atoms with Crippen molar-refractivity contribution in [1.29, 1.82) is 0 Å². The molecule has 70 valence electrons. The van der Waals surface area contributed by atoms with Crippen LogP contribution in [0.2, 0.25) is 5.02 Å². The molecule has 0 bridgehead atoms. The van der Waals surface area contributed by atoms with Crippen LogP contribution in [-0.2, 0) is 0 Å². The second kappa shape index (κ2) is 4.63. The number of carbonyl (C=O) groups is 1. The molecule has 0 heterocycles. The maximum absolute atomic E-state index is 10.6. The minimum Gasteiger partial charge on any atom is -0.494 e. The fourth-order valence-electron chi connectivity index (χ4n) is 0.920. The SMILES string of the molecule is CCOc1cc(Br)c(Cl)c(C=O)c1. The number of ether oxygens (including phenoxy) is 1. The monoisotopic (exact) mass is 262 g/mol. The van der Waals surface area contributed by atoms with Crippen LogP contribution in [0.3, 0.4) is 0 Å². The first-order chi connectivity index (χ1) is 6.19. The maximum atomic E-state index is 10.6. The first-order valence-corrected chi connectivity index (χ1v) is 4.93. The van der Waals surface area contributed by atoms with Crippen LogP contribution in [0.1, 0.15) is 17.3 Å². The molecule has 0 radical (unpaired) electrons. The summed E-state index contributed by atoms with van der Waals surface area (Å²) in [6.07, 6.45) is 0.704. The van der Waals surface area contributed by atoms with Gasteiger partial charge in [0.05, 0.1) is 11.6 Å². The lowest BCUT2D eigenvalue weighted by atomic mass is 10.2. The molecule has 0 atom stereocenters. The number of hydrogen-bond donors (Lipinski definition) is 0. The van der Waals surface area contributed by atoms with Crippen molar-refractivity contribution in [3.63, 3.8) is 0 Å². The molecular weight excluding hydrogens is 255 g/mol. The summed E-state index contributed by atoms with van der Waals surface area (Å²) in [5, 5.41) is 0.415. The Morgan fingerprint density at radius 3 is 2.85 bits per heavy atom. The predicted octanol–water partition coefficient (Wildman–Crippen LogP) is 3.31. The Hall–Kier alpha value is -0.540. The van der Waals surface area contributed by atoms with Crippen LogP contribution < -0.4 is 4.74 Å². The van der Waals surface area contributed by atoms with Gasteiger partial charge in [-0.1, -0.05) is 11.6 Å². The van der Waals surface area contributed by atoms with E-state index in [2.05, 4.69) is 15.9 Å². The molecule has 0 aromatic heterocycles. The van der Waals surface area contributed by atoms with E-state index in [1.807, 2.05) is 6.92 Å². The molecule has 0 unspecified atom stereocenters. The zero-order valence-electron chi connectivity index (χ0n) is 7.01. The van der Waals surface area contributed by atoms with Gasteiger partial charge in [0.15, 0.2) is 6.29 Å². The van der Waals surface area contributed by atoms with Crippen molar-refractivity contribution < 1.29 is 9.53 Å². The Kier molecular flexibility index (Phi) is 3.75. The molecule has 0 aliphatic carbocycles. The van der Waals surface area contributed by atoms with Gasteiger partial charge in [0.1, 0.15) is 5.75 Å². The third-order valence-electron chi connectivity index (χ3n) is 1.47. The second-order valence-electron chi connectivity index (χ2n) is 2.36. The van der Waals surface area contributed by atoms with E-state index in [9.17, 15) is 4.79 Å². The molecule has 2 nitrogen and oxygen atoms in total. The first kappa shape index (κ1) is 10.5. The molecule has 0 N–H and O–H groups in total. The highest BCUT2D eigenvalue weighted by Gasteiger charge is 2.06. The Balaban J connectivity index is 3.14.